The minimum absolute atomic E-state index is 0.00275. The van der Waals surface area contributed by atoms with Gasteiger partial charge < -0.3 is 15.2 Å². The van der Waals surface area contributed by atoms with E-state index in [1.807, 2.05) is 22.9 Å². The van der Waals surface area contributed by atoms with Gasteiger partial charge in [-0.3, -0.25) is 9.59 Å². The number of aliphatic carboxylic acids is 1. The molecule has 10 nitrogen and oxygen atoms in total. The molecule has 0 aliphatic carbocycles. The number of Topliss-reactive ketones (excluding diaryl/α,β-unsaturated/α-hetero) is 1. The van der Waals surface area contributed by atoms with E-state index in [9.17, 15) is 14.4 Å². The number of amides is 1. The Hall–Kier alpha value is -3.60. The Morgan fingerprint density at radius 3 is 2.67 bits per heavy atom. The highest BCUT2D eigenvalue weighted by atomic mass is 32.1. The number of nitrogens with one attached hydrogen (secondary N) is 1. The fourth-order valence-electron chi connectivity index (χ4n) is 2.57. The van der Waals surface area contributed by atoms with E-state index in [2.05, 4.69) is 20.7 Å². The molecular formula is C19H19N5O5S. The molecule has 2 N–H and O–H groups in total. The van der Waals surface area contributed by atoms with Crippen molar-refractivity contribution in [3.8, 4) is 0 Å². The van der Waals surface area contributed by atoms with Gasteiger partial charge in [-0.2, -0.15) is 16.1 Å². The average Bonchev–Trinajstić information content (AvgIpc) is 3.39. The molecule has 2 aromatic heterocycles. The lowest BCUT2D eigenvalue weighted by atomic mass is 10.1. The summed E-state index contributed by atoms with van der Waals surface area (Å²) in [5.41, 5.74) is 1.79. The summed E-state index contributed by atoms with van der Waals surface area (Å²) in [4.78, 5) is 36.7. The van der Waals surface area contributed by atoms with Crippen molar-refractivity contribution in [3.05, 3.63) is 64.1 Å². The largest absolute Gasteiger partial charge is 0.481 e. The molecule has 156 valence electrons. The second kappa shape index (κ2) is 10.3. The number of ketones is 1. The fourth-order valence-corrected chi connectivity index (χ4v) is 3.24. The Labute approximate surface area is 175 Å². The summed E-state index contributed by atoms with van der Waals surface area (Å²) in [6, 6.07) is 9.63. The van der Waals surface area contributed by atoms with Gasteiger partial charge in [-0.05, 0) is 33.2 Å². The zero-order valence-corrected chi connectivity index (χ0v) is 16.6. The number of nitrogens with zero attached hydrogens (tertiary/aromatic N) is 4. The summed E-state index contributed by atoms with van der Waals surface area (Å²) in [6.45, 7) is -0.329. The standard InChI is InChI=1S/C19H19N5O5S/c25-16(10-24-22-17(21-23-24)8-14-6-7-30-12-14)15(9-18(26)27)20-19(28)29-11-13-4-2-1-3-5-13/h1-7,12,15H,8-11H2,(H,20,28)(H,26,27). The molecule has 0 spiro atoms. The molecule has 1 unspecified atom stereocenters. The van der Waals surface area contributed by atoms with Crippen molar-refractivity contribution in [3.63, 3.8) is 0 Å². The van der Waals surface area contributed by atoms with Gasteiger partial charge in [-0.15, -0.1) is 10.2 Å². The number of tetrazole rings is 1. The molecule has 0 saturated heterocycles. The van der Waals surface area contributed by atoms with Gasteiger partial charge in [0.1, 0.15) is 19.2 Å². The SMILES string of the molecule is O=C(O)CC(NC(=O)OCc1ccccc1)C(=O)Cn1nnc(Cc2ccsc2)n1. The highest BCUT2D eigenvalue weighted by Crippen LogP contribution is 2.09. The number of aromatic nitrogens is 4. The van der Waals surface area contributed by atoms with E-state index < -0.39 is 30.3 Å². The number of thiophene rings is 1. The molecule has 0 saturated carbocycles. The summed E-state index contributed by atoms with van der Waals surface area (Å²) >= 11 is 1.55. The molecule has 3 aromatic rings. The van der Waals surface area contributed by atoms with Crippen molar-refractivity contribution in [2.45, 2.75) is 32.0 Å². The number of hydrogen-bond donors (Lipinski definition) is 2. The first-order valence-electron chi connectivity index (χ1n) is 8.99. The Morgan fingerprint density at radius 1 is 1.17 bits per heavy atom. The highest BCUT2D eigenvalue weighted by molar-refractivity contribution is 7.07. The third-order valence-electron chi connectivity index (χ3n) is 4.01. The van der Waals surface area contributed by atoms with Crippen LogP contribution in [-0.2, 0) is 33.9 Å². The number of alkyl carbamates (subject to hydrolysis) is 1. The first kappa shape index (κ1) is 21.1. The van der Waals surface area contributed by atoms with Gasteiger partial charge in [0.25, 0.3) is 0 Å². The first-order chi connectivity index (χ1) is 14.5. The zero-order valence-electron chi connectivity index (χ0n) is 15.8. The normalized spacial score (nSPS) is 11.6. The van der Waals surface area contributed by atoms with Crippen molar-refractivity contribution < 1.29 is 24.2 Å². The van der Waals surface area contributed by atoms with Gasteiger partial charge in [-0.1, -0.05) is 30.3 Å². The number of ether oxygens (including phenoxy) is 1. The van der Waals surface area contributed by atoms with Crippen LogP contribution < -0.4 is 5.32 Å². The third-order valence-corrected chi connectivity index (χ3v) is 4.74. The molecule has 11 heteroatoms. The second-order valence-electron chi connectivity index (χ2n) is 6.37. The molecule has 0 radical (unpaired) electrons. The van der Waals surface area contributed by atoms with Gasteiger partial charge in [-0.25, -0.2) is 4.79 Å². The number of benzene rings is 1. The Bertz CT molecular complexity index is 990. The quantitative estimate of drug-likeness (QED) is 0.497. The summed E-state index contributed by atoms with van der Waals surface area (Å²) in [7, 11) is 0. The predicted molar refractivity (Wildman–Crippen MR) is 106 cm³/mol. The number of carbonyl (C=O) groups excluding carboxylic acids is 2. The Kier molecular flexibility index (Phi) is 7.22. The Balaban J connectivity index is 1.56. The Morgan fingerprint density at radius 2 is 1.97 bits per heavy atom. The summed E-state index contributed by atoms with van der Waals surface area (Å²) in [6.07, 6.45) is -1.00. The predicted octanol–water partition coefficient (Wildman–Crippen LogP) is 1.66. The van der Waals surface area contributed by atoms with Gasteiger partial charge >= 0.3 is 12.1 Å². The van der Waals surface area contributed by atoms with Crippen molar-refractivity contribution >= 4 is 29.2 Å². The van der Waals surface area contributed by atoms with Crippen molar-refractivity contribution in [1.29, 1.82) is 0 Å². The van der Waals surface area contributed by atoms with E-state index in [4.69, 9.17) is 9.84 Å². The van der Waals surface area contributed by atoms with Crippen LogP contribution in [0, 0.1) is 0 Å². The lowest BCUT2D eigenvalue weighted by Crippen LogP contribution is -2.44. The van der Waals surface area contributed by atoms with Crippen LogP contribution in [0.3, 0.4) is 0 Å². The fraction of sp³-hybridized carbons (Fsp3) is 0.263. The van der Waals surface area contributed by atoms with Crippen LogP contribution >= 0.6 is 11.3 Å². The van der Waals surface area contributed by atoms with E-state index in [0.717, 1.165) is 15.9 Å². The number of carboxylic acids is 1. The minimum atomic E-state index is -1.28. The minimum Gasteiger partial charge on any atom is -0.481 e. The van der Waals surface area contributed by atoms with Crippen LogP contribution in [0.25, 0.3) is 0 Å². The molecule has 0 bridgehead atoms. The number of carboxylic acid groups (broad SMARTS) is 1. The molecule has 1 aromatic carbocycles. The molecule has 3 rings (SSSR count). The molecule has 0 fully saturated rings. The molecule has 1 amide bonds. The maximum absolute atomic E-state index is 12.5. The molecular weight excluding hydrogens is 410 g/mol. The van der Waals surface area contributed by atoms with Crippen LogP contribution in [0.1, 0.15) is 23.4 Å². The number of hydrogen-bond acceptors (Lipinski definition) is 8. The van der Waals surface area contributed by atoms with Crippen molar-refractivity contribution in [2.24, 2.45) is 0 Å². The zero-order chi connectivity index (χ0) is 21.3. The lowest BCUT2D eigenvalue weighted by Gasteiger charge is -2.15. The topological polar surface area (TPSA) is 136 Å². The van der Waals surface area contributed by atoms with E-state index in [1.54, 1.807) is 35.6 Å². The van der Waals surface area contributed by atoms with Crippen molar-refractivity contribution in [1.82, 2.24) is 25.5 Å². The average molecular weight is 429 g/mol. The summed E-state index contributed by atoms with van der Waals surface area (Å²) in [5, 5.41) is 27.1. The molecule has 1 atom stereocenters. The molecule has 30 heavy (non-hydrogen) atoms. The lowest BCUT2D eigenvalue weighted by molar-refractivity contribution is -0.139. The maximum atomic E-state index is 12.5. The number of rotatable bonds is 10. The van der Waals surface area contributed by atoms with E-state index in [-0.39, 0.29) is 13.2 Å². The molecule has 0 aliphatic rings. The highest BCUT2D eigenvalue weighted by Gasteiger charge is 2.25. The van der Waals surface area contributed by atoms with Crippen molar-refractivity contribution in [2.75, 3.05) is 0 Å². The number of carbonyl (C=O) groups is 3. The van der Waals surface area contributed by atoms with Crippen LogP contribution in [0.15, 0.2) is 47.2 Å². The first-order valence-corrected chi connectivity index (χ1v) is 9.93. The summed E-state index contributed by atoms with van der Waals surface area (Å²) in [5.74, 6) is -1.37. The van der Waals surface area contributed by atoms with Gasteiger partial charge in [0, 0.05) is 6.42 Å². The monoisotopic (exact) mass is 429 g/mol. The molecule has 0 aliphatic heterocycles. The van der Waals surface area contributed by atoms with Gasteiger partial charge in [0.2, 0.25) is 0 Å². The van der Waals surface area contributed by atoms with Crippen LogP contribution in [0.5, 0.6) is 0 Å². The van der Waals surface area contributed by atoms with Crippen LogP contribution in [0.4, 0.5) is 4.79 Å². The molecule has 2 heterocycles. The van der Waals surface area contributed by atoms with Gasteiger partial charge in [0.05, 0.1) is 6.42 Å². The van der Waals surface area contributed by atoms with Gasteiger partial charge in [0.15, 0.2) is 11.6 Å². The smallest absolute Gasteiger partial charge is 0.408 e. The summed E-state index contributed by atoms with van der Waals surface area (Å²) < 4.78 is 5.06. The van der Waals surface area contributed by atoms with Crippen LogP contribution in [-0.4, -0.2) is 49.2 Å². The van der Waals surface area contributed by atoms with E-state index in [0.29, 0.717) is 12.2 Å². The van der Waals surface area contributed by atoms with E-state index in [1.165, 1.54) is 0 Å². The van der Waals surface area contributed by atoms with Crippen LogP contribution in [0.2, 0.25) is 0 Å². The van der Waals surface area contributed by atoms with E-state index >= 15 is 0 Å². The third kappa shape index (κ3) is 6.48. The maximum Gasteiger partial charge on any atom is 0.408 e. The second-order valence-corrected chi connectivity index (χ2v) is 7.15.